The molecule has 1 aliphatic carbocycles. The van der Waals surface area contributed by atoms with Gasteiger partial charge < -0.3 is 25.5 Å². The summed E-state index contributed by atoms with van der Waals surface area (Å²) in [6.45, 7) is 3.81. The molecule has 2 saturated heterocycles. The molecule has 274 valence electrons. The molecule has 1 saturated carbocycles. The highest BCUT2D eigenvalue weighted by Gasteiger charge is 2.34. The molecule has 14 nitrogen and oxygen atoms in total. The van der Waals surface area contributed by atoms with Gasteiger partial charge in [-0.2, -0.15) is 18.3 Å². The van der Waals surface area contributed by atoms with E-state index in [-0.39, 0.29) is 41.5 Å². The lowest BCUT2D eigenvalue weighted by molar-refractivity contribution is -0.141. The Labute approximate surface area is 301 Å². The van der Waals surface area contributed by atoms with Crippen molar-refractivity contribution in [3.05, 3.63) is 71.2 Å². The number of carbonyl (C=O) groups is 3. The van der Waals surface area contributed by atoms with Gasteiger partial charge in [-0.25, -0.2) is 9.97 Å². The molecule has 0 radical (unpaired) electrons. The highest BCUT2D eigenvalue weighted by atomic mass is 35.5. The first kappa shape index (κ1) is 35.5. The molecule has 3 amide bonds. The van der Waals surface area contributed by atoms with Crippen molar-refractivity contribution in [2.45, 2.75) is 50.7 Å². The van der Waals surface area contributed by atoms with Crippen molar-refractivity contribution in [3.63, 3.8) is 0 Å². The summed E-state index contributed by atoms with van der Waals surface area (Å²) < 4.78 is 41.0. The first-order valence-electron chi connectivity index (χ1n) is 17.0. The molecule has 18 heteroatoms. The van der Waals surface area contributed by atoms with Crippen LogP contribution < -0.4 is 15.5 Å². The normalized spacial score (nSPS) is 21.6. The van der Waals surface area contributed by atoms with E-state index in [9.17, 15) is 32.7 Å². The van der Waals surface area contributed by atoms with E-state index < -0.39 is 29.8 Å². The summed E-state index contributed by atoms with van der Waals surface area (Å²) in [6, 6.07) is 6.92. The van der Waals surface area contributed by atoms with Crippen molar-refractivity contribution < 1.29 is 32.7 Å². The zero-order valence-corrected chi connectivity index (χ0v) is 28.6. The number of amides is 3. The summed E-state index contributed by atoms with van der Waals surface area (Å²) in [7, 11) is 0. The smallest absolute Gasteiger partial charge is 0.356 e. The Bertz CT molecular complexity index is 1980. The van der Waals surface area contributed by atoms with Gasteiger partial charge in [-0.1, -0.05) is 11.6 Å². The van der Waals surface area contributed by atoms with Crippen LogP contribution in [0.4, 0.5) is 24.5 Å². The van der Waals surface area contributed by atoms with E-state index in [1.807, 2.05) is 10.9 Å². The topological polar surface area (TPSA) is 162 Å². The second kappa shape index (κ2) is 14.6. The molecular formula is C34H36ClF3N10O4. The van der Waals surface area contributed by atoms with E-state index in [4.69, 9.17) is 16.7 Å². The SMILES string of the molecule is O=C1CCN(c2cc(C(=O)N3CCN(CC4CCC(n5cc6cc(NC(=O)c7cncc(C(F)(F)F)n7)ccc6n5)CC4)CC3)ncc2Cl)C(O)N1. The van der Waals surface area contributed by atoms with Crippen LogP contribution in [-0.4, -0.2) is 103 Å². The number of nitrogens with one attached hydrogen (secondary N) is 2. The number of benzene rings is 1. The summed E-state index contributed by atoms with van der Waals surface area (Å²) in [4.78, 5) is 54.4. The van der Waals surface area contributed by atoms with Gasteiger partial charge in [0, 0.05) is 69.2 Å². The Morgan fingerprint density at radius 2 is 1.77 bits per heavy atom. The van der Waals surface area contributed by atoms with Gasteiger partial charge in [0.15, 0.2) is 5.69 Å². The van der Waals surface area contributed by atoms with Gasteiger partial charge in [-0.3, -0.25) is 28.9 Å². The summed E-state index contributed by atoms with van der Waals surface area (Å²) in [5.41, 5.74) is 0.146. The van der Waals surface area contributed by atoms with Crippen molar-refractivity contribution in [1.29, 1.82) is 0 Å². The number of carbonyl (C=O) groups excluding carboxylic acids is 3. The zero-order valence-electron chi connectivity index (χ0n) is 27.9. The van der Waals surface area contributed by atoms with Gasteiger partial charge in [-0.05, 0) is 55.9 Å². The van der Waals surface area contributed by atoms with E-state index in [1.54, 1.807) is 29.2 Å². The fourth-order valence-corrected chi connectivity index (χ4v) is 7.24. The molecule has 5 heterocycles. The van der Waals surface area contributed by atoms with Crippen LogP contribution in [-0.2, 0) is 11.0 Å². The number of alkyl halides is 3. The molecule has 1 aromatic carbocycles. The monoisotopic (exact) mass is 740 g/mol. The van der Waals surface area contributed by atoms with Gasteiger partial charge in [0.05, 0.1) is 34.7 Å². The highest BCUT2D eigenvalue weighted by Crippen LogP contribution is 2.34. The summed E-state index contributed by atoms with van der Waals surface area (Å²) in [6.07, 6.45) is 3.10. The van der Waals surface area contributed by atoms with E-state index in [1.165, 1.54) is 11.1 Å². The van der Waals surface area contributed by atoms with Crippen molar-refractivity contribution in [1.82, 2.24) is 39.8 Å². The fourth-order valence-electron chi connectivity index (χ4n) is 7.02. The van der Waals surface area contributed by atoms with Gasteiger partial charge in [0.1, 0.15) is 11.4 Å². The maximum absolute atomic E-state index is 13.4. The molecule has 3 fully saturated rings. The van der Waals surface area contributed by atoms with Crippen molar-refractivity contribution in [2.24, 2.45) is 5.92 Å². The lowest BCUT2D eigenvalue weighted by atomic mass is 9.85. The number of fused-ring (bicyclic) bond motifs is 1. The van der Waals surface area contributed by atoms with Crippen molar-refractivity contribution >= 4 is 51.6 Å². The van der Waals surface area contributed by atoms with Crippen LogP contribution in [0.1, 0.15) is 64.8 Å². The molecule has 0 spiro atoms. The number of aromatic nitrogens is 5. The molecule has 7 rings (SSSR count). The van der Waals surface area contributed by atoms with E-state index in [0.29, 0.717) is 36.6 Å². The molecular weight excluding hydrogens is 705 g/mol. The lowest BCUT2D eigenvalue weighted by Crippen LogP contribution is -2.54. The molecule has 0 bridgehead atoms. The third kappa shape index (κ3) is 7.80. The minimum absolute atomic E-state index is 0.197. The van der Waals surface area contributed by atoms with Crippen molar-refractivity contribution in [2.75, 3.05) is 49.5 Å². The Morgan fingerprint density at radius 1 is 1.00 bits per heavy atom. The van der Waals surface area contributed by atoms with E-state index in [2.05, 4.69) is 30.5 Å². The number of anilines is 2. The first-order chi connectivity index (χ1) is 24.9. The summed E-state index contributed by atoms with van der Waals surface area (Å²) >= 11 is 6.34. The van der Waals surface area contributed by atoms with Gasteiger partial charge in [-0.15, -0.1) is 0 Å². The number of aliphatic hydroxyl groups excluding tert-OH is 1. The van der Waals surface area contributed by atoms with Crippen molar-refractivity contribution in [3.8, 4) is 0 Å². The Hall–Kier alpha value is -4.87. The Morgan fingerprint density at radius 3 is 2.50 bits per heavy atom. The highest BCUT2D eigenvalue weighted by molar-refractivity contribution is 6.33. The quantitative estimate of drug-likeness (QED) is 0.253. The largest absolute Gasteiger partial charge is 0.434 e. The first-order valence-corrected chi connectivity index (χ1v) is 17.4. The number of piperazine rings is 1. The van der Waals surface area contributed by atoms with Crippen LogP contribution in [0.25, 0.3) is 10.9 Å². The Kier molecular flexibility index (Phi) is 10.00. The molecule has 1 atom stereocenters. The maximum atomic E-state index is 13.4. The molecule has 3 N–H and O–H groups in total. The third-order valence-electron chi connectivity index (χ3n) is 9.83. The molecule has 2 aliphatic heterocycles. The number of nitrogens with zero attached hydrogens (tertiary/aromatic N) is 8. The number of hydrogen-bond donors (Lipinski definition) is 3. The van der Waals surface area contributed by atoms with Crippen LogP contribution in [0.3, 0.4) is 0 Å². The number of rotatable bonds is 7. The predicted molar refractivity (Wildman–Crippen MR) is 183 cm³/mol. The van der Waals surface area contributed by atoms with Gasteiger partial charge in [0.25, 0.3) is 11.8 Å². The molecule has 52 heavy (non-hydrogen) atoms. The number of halogens is 4. The van der Waals surface area contributed by atoms with Crippen LogP contribution in [0.15, 0.2) is 49.1 Å². The number of pyridine rings is 1. The van der Waals surface area contributed by atoms with Gasteiger partial charge >= 0.3 is 6.18 Å². The minimum atomic E-state index is -4.71. The fraction of sp³-hybridized carbons (Fsp3) is 0.441. The van der Waals surface area contributed by atoms with Crippen LogP contribution >= 0.6 is 11.6 Å². The van der Waals surface area contributed by atoms with E-state index >= 15 is 0 Å². The van der Waals surface area contributed by atoms with E-state index in [0.717, 1.165) is 62.4 Å². The van der Waals surface area contributed by atoms with Crippen LogP contribution in [0.2, 0.25) is 5.02 Å². The maximum Gasteiger partial charge on any atom is 0.434 e. The molecule has 3 aliphatic rings. The predicted octanol–water partition coefficient (Wildman–Crippen LogP) is 3.94. The summed E-state index contributed by atoms with van der Waals surface area (Å²) in [5.74, 6) is -0.749. The van der Waals surface area contributed by atoms with Crippen LogP contribution in [0, 0.1) is 5.92 Å². The minimum Gasteiger partial charge on any atom is -0.356 e. The number of hydrogen-bond acceptors (Lipinski definition) is 10. The third-order valence-corrected chi connectivity index (χ3v) is 10.1. The van der Waals surface area contributed by atoms with Crippen LogP contribution in [0.5, 0.6) is 0 Å². The molecule has 3 aromatic heterocycles. The van der Waals surface area contributed by atoms with Gasteiger partial charge in [0.2, 0.25) is 12.3 Å². The zero-order chi connectivity index (χ0) is 36.6. The second-order valence-electron chi connectivity index (χ2n) is 13.3. The lowest BCUT2D eigenvalue weighted by Gasteiger charge is -2.38. The molecule has 4 aromatic rings. The average molecular weight is 741 g/mol. The number of aliphatic hydroxyl groups is 1. The standard InChI is InChI=1S/C34H36ClF3N10O4/c35-24-15-40-26(14-28(24)47-8-7-30(49)43-33(47)52)32(51)46-11-9-45(10-12-46)18-20-1-4-23(5-2-20)48-19-21-13-22(3-6-25(21)44-48)41-31(50)27-16-39-17-29(42-27)34(36,37)38/h3,6,13-17,19-20,23,33,52H,1-2,4-5,7-12,18H2,(H,41,50)(H,43,49). The Balaban J connectivity index is 0.888. The second-order valence-corrected chi connectivity index (χ2v) is 13.7. The average Bonchev–Trinajstić information content (AvgIpc) is 3.56. The molecule has 1 unspecified atom stereocenters. The summed E-state index contributed by atoms with van der Waals surface area (Å²) in [5, 5.41) is 21.2.